The lowest BCUT2D eigenvalue weighted by molar-refractivity contribution is -0.124. The molecule has 8 heteroatoms. The molecule has 1 heterocycles. The summed E-state index contributed by atoms with van der Waals surface area (Å²) in [6.07, 6.45) is 0. The Hall–Kier alpha value is -3.39. The van der Waals surface area contributed by atoms with Crippen molar-refractivity contribution >= 4 is 29.1 Å². The molecule has 0 bridgehead atoms. The van der Waals surface area contributed by atoms with Crippen LogP contribution >= 0.6 is 0 Å². The first-order chi connectivity index (χ1) is 14.7. The summed E-state index contributed by atoms with van der Waals surface area (Å²) in [5.41, 5.74) is 6.79. The van der Waals surface area contributed by atoms with Crippen molar-refractivity contribution in [3.8, 4) is 5.75 Å². The van der Waals surface area contributed by atoms with Gasteiger partial charge in [0.1, 0.15) is 11.8 Å². The standard InChI is InChI=1S/C23H28N4O4/c1-15-21(29)26-18-11-16(22(30)25-14-23(2,3)13-24)9-10-19(18)27(15)20(28)12-31-17-7-5-4-6-8-17/h4-11,15H,12-14,24H2,1-3H3,(H,25,30)(H,26,29). The molecule has 1 aliphatic rings. The predicted molar refractivity (Wildman–Crippen MR) is 119 cm³/mol. The normalized spacial score (nSPS) is 15.7. The first-order valence-corrected chi connectivity index (χ1v) is 10.1. The van der Waals surface area contributed by atoms with Crippen LogP contribution in [0.5, 0.6) is 5.75 Å². The number of ether oxygens (including phenoxy) is 1. The van der Waals surface area contributed by atoms with Gasteiger partial charge in [0, 0.05) is 12.1 Å². The van der Waals surface area contributed by atoms with Crippen LogP contribution in [0.3, 0.4) is 0 Å². The van der Waals surface area contributed by atoms with E-state index in [1.165, 1.54) is 4.90 Å². The molecular weight excluding hydrogens is 396 g/mol. The van der Waals surface area contributed by atoms with E-state index in [4.69, 9.17) is 10.5 Å². The number of rotatable bonds is 7. The van der Waals surface area contributed by atoms with Gasteiger partial charge in [-0.15, -0.1) is 0 Å². The lowest BCUT2D eigenvalue weighted by Crippen LogP contribution is -2.51. The fraction of sp³-hybridized carbons (Fsp3) is 0.348. The van der Waals surface area contributed by atoms with Crippen molar-refractivity contribution in [3.05, 3.63) is 54.1 Å². The van der Waals surface area contributed by atoms with E-state index in [1.54, 1.807) is 37.3 Å². The van der Waals surface area contributed by atoms with Crippen LogP contribution in [0.2, 0.25) is 0 Å². The third-order valence-corrected chi connectivity index (χ3v) is 5.20. The van der Waals surface area contributed by atoms with E-state index in [1.807, 2.05) is 32.0 Å². The summed E-state index contributed by atoms with van der Waals surface area (Å²) in [5, 5.41) is 5.63. The van der Waals surface area contributed by atoms with E-state index in [0.717, 1.165) is 0 Å². The van der Waals surface area contributed by atoms with Gasteiger partial charge < -0.3 is 21.1 Å². The minimum Gasteiger partial charge on any atom is -0.484 e. The molecule has 2 aromatic rings. The molecule has 164 valence electrons. The SMILES string of the molecule is CC1C(=O)Nc2cc(C(=O)NCC(C)(C)CN)ccc2N1C(=O)COc1ccccc1. The molecule has 0 spiro atoms. The summed E-state index contributed by atoms with van der Waals surface area (Å²) < 4.78 is 5.56. The third-order valence-electron chi connectivity index (χ3n) is 5.20. The third kappa shape index (κ3) is 5.21. The molecular formula is C23H28N4O4. The fourth-order valence-corrected chi connectivity index (χ4v) is 3.13. The number of hydrogen-bond donors (Lipinski definition) is 3. The van der Waals surface area contributed by atoms with Crippen molar-refractivity contribution in [2.24, 2.45) is 11.1 Å². The van der Waals surface area contributed by atoms with Gasteiger partial charge in [0.05, 0.1) is 11.4 Å². The monoisotopic (exact) mass is 424 g/mol. The van der Waals surface area contributed by atoms with Gasteiger partial charge in [-0.1, -0.05) is 32.0 Å². The summed E-state index contributed by atoms with van der Waals surface area (Å²) in [5.74, 6) is -0.392. The van der Waals surface area contributed by atoms with E-state index in [2.05, 4.69) is 10.6 Å². The fourth-order valence-electron chi connectivity index (χ4n) is 3.13. The summed E-state index contributed by atoms with van der Waals surface area (Å²) in [6, 6.07) is 13.1. The molecule has 0 aliphatic carbocycles. The number of nitrogens with zero attached hydrogens (tertiary/aromatic N) is 1. The minimum atomic E-state index is -0.704. The molecule has 3 rings (SSSR count). The zero-order valence-corrected chi connectivity index (χ0v) is 18.0. The van der Waals surface area contributed by atoms with Crippen molar-refractivity contribution in [1.29, 1.82) is 0 Å². The Kier molecular flexibility index (Phi) is 6.60. The van der Waals surface area contributed by atoms with Gasteiger partial charge in [0.2, 0.25) is 5.91 Å². The van der Waals surface area contributed by atoms with Crippen molar-refractivity contribution in [2.45, 2.75) is 26.8 Å². The second kappa shape index (κ2) is 9.18. The first kappa shape index (κ1) is 22.3. The molecule has 3 amide bonds. The highest BCUT2D eigenvalue weighted by molar-refractivity contribution is 6.13. The molecule has 0 aromatic heterocycles. The zero-order chi connectivity index (χ0) is 22.6. The number of amides is 3. The maximum atomic E-state index is 12.9. The number of benzene rings is 2. The van der Waals surface area contributed by atoms with E-state index in [0.29, 0.717) is 35.8 Å². The van der Waals surface area contributed by atoms with Crippen LogP contribution in [0.15, 0.2) is 48.5 Å². The van der Waals surface area contributed by atoms with Crippen molar-refractivity contribution in [3.63, 3.8) is 0 Å². The molecule has 31 heavy (non-hydrogen) atoms. The number of nitrogens with one attached hydrogen (secondary N) is 2. The molecule has 1 unspecified atom stereocenters. The number of carbonyl (C=O) groups is 3. The topological polar surface area (TPSA) is 114 Å². The number of para-hydroxylation sites is 1. The van der Waals surface area contributed by atoms with E-state index >= 15 is 0 Å². The summed E-state index contributed by atoms with van der Waals surface area (Å²) in [4.78, 5) is 39.3. The van der Waals surface area contributed by atoms with Gasteiger partial charge in [0.25, 0.3) is 11.8 Å². The Balaban J connectivity index is 1.77. The maximum absolute atomic E-state index is 12.9. The van der Waals surface area contributed by atoms with Gasteiger partial charge in [-0.25, -0.2) is 0 Å². The zero-order valence-electron chi connectivity index (χ0n) is 18.0. The Morgan fingerprint density at radius 3 is 2.58 bits per heavy atom. The Bertz CT molecular complexity index is 975. The van der Waals surface area contributed by atoms with Gasteiger partial charge in [-0.2, -0.15) is 0 Å². The number of hydrogen-bond acceptors (Lipinski definition) is 5. The quantitative estimate of drug-likeness (QED) is 0.630. The van der Waals surface area contributed by atoms with Crippen molar-refractivity contribution in [2.75, 3.05) is 29.9 Å². The van der Waals surface area contributed by atoms with E-state index < -0.39 is 6.04 Å². The first-order valence-electron chi connectivity index (χ1n) is 10.1. The lowest BCUT2D eigenvalue weighted by atomic mass is 9.94. The number of carbonyl (C=O) groups excluding carboxylic acids is 3. The highest BCUT2D eigenvalue weighted by Crippen LogP contribution is 2.33. The second-order valence-electron chi connectivity index (χ2n) is 8.31. The maximum Gasteiger partial charge on any atom is 0.265 e. The number of fused-ring (bicyclic) bond motifs is 1. The van der Waals surface area contributed by atoms with Crippen molar-refractivity contribution < 1.29 is 19.1 Å². The summed E-state index contributed by atoms with van der Waals surface area (Å²) in [7, 11) is 0. The molecule has 0 saturated carbocycles. The van der Waals surface area contributed by atoms with Crippen LogP contribution in [-0.4, -0.2) is 43.5 Å². The van der Waals surface area contributed by atoms with Gasteiger partial charge in [-0.05, 0) is 49.2 Å². The Labute approximate surface area is 181 Å². The van der Waals surface area contributed by atoms with Gasteiger partial charge in [0.15, 0.2) is 6.61 Å². The summed E-state index contributed by atoms with van der Waals surface area (Å²) >= 11 is 0. The average molecular weight is 425 g/mol. The molecule has 0 fully saturated rings. The van der Waals surface area contributed by atoms with Gasteiger partial charge >= 0.3 is 0 Å². The van der Waals surface area contributed by atoms with Crippen LogP contribution in [-0.2, 0) is 9.59 Å². The van der Waals surface area contributed by atoms with Crippen LogP contribution in [0, 0.1) is 5.41 Å². The van der Waals surface area contributed by atoms with Gasteiger partial charge in [-0.3, -0.25) is 19.3 Å². The molecule has 0 saturated heterocycles. The predicted octanol–water partition coefficient (Wildman–Crippen LogP) is 2.15. The molecule has 1 atom stereocenters. The van der Waals surface area contributed by atoms with Crippen LogP contribution in [0.4, 0.5) is 11.4 Å². The molecule has 4 N–H and O–H groups in total. The van der Waals surface area contributed by atoms with Crippen LogP contribution in [0.1, 0.15) is 31.1 Å². The second-order valence-corrected chi connectivity index (χ2v) is 8.31. The lowest BCUT2D eigenvalue weighted by Gasteiger charge is -2.34. The number of anilines is 2. The Morgan fingerprint density at radius 2 is 1.90 bits per heavy atom. The Morgan fingerprint density at radius 1 is 1.19 bits per heavy atom. The molecule has 0 radical (unpaired) electrons. The average Bonchev–Trinajstić information content (AvgIpc) is 2.77. The highest BCUT2D eigenvalue weighted by Gasteiger charge is 2.34. The van der Waals surface area contributed by atoms with Crippen LogP contribution in [0.25, 0.3) is 0 Å². The smallest absolute Gasteiger partial charge is 0.265 e. The van der Waals surface area contributed by atoms with E-state index in [9.17, 15) is 14.4 Å². The molecule has 1 aliphatic heterocycles. The highest BCUT2D eigenvalue weighted by atomic mass is 16.5. The van der Waals surface area contributed by atoms with Crippen LogP contribution < -0.4 is 26.0 Å². The summed E-state index contributed by atoms with van der Waals surface area (Å²) in [6.45, 7) is 6.22. The largest absolute Gasteiger partial charge is 0.484 e. The molecule has 8 nitrogen and oxygen atoms in total. The molecule has 2 aromatic carbocycles. The van der Waals surface area contributed by atoms with E-state index in [-0.39, 0.29) is 29.7 Å². The minimum absolute atomic E-state index is 0.211. The number of nitrogens with two attached hydrogens (primary N) is 1. The van der Waals surface area contributed by atoms with Crippen molar-refractivity contribution in [1.82, 2.24) is 5.32 Å².